The second-order valence-electron chi connectivity index (χ2n) is 5.65. The topological polar surface area (TPSA) is 48.5 Å². The fourth-order valence-electron chi connectivity index (χ4n) is 2.06. The van der Waals surface area contributed by atoms with Crippen LogP contribution < -0.4 is 5.32 Å². The molecule has 1 aromatic heterocycles. The van der Waals surface area contributed by atoms with E-state index in [2.05, 4.69) is 10.3 Å². The average molecular weight is 367 g/mol. The van der Waals surface area contributed by atoms with E-state index in [1.165, 1.54) is 0 Å². The van der Waals surface area contributed by atoms with Crippen molar-refractivity contribution in [2.75, 3.05) is 32.5 Å². The number of halogens is 2. The van der Waals surface area contributed by atoms with E-state index >= 15 is 0 Å². The van der Waals surface area contributed by atoms with Gasteiger partial charge in [-0.3, -0.25) is 4.98 Å². The van der Waals surface area contributed by atoms with Gasteiger partial charge in [0.05, 0.1) is 10.0 Å². The molecule has 0 saturated carbocycles. The third kappa shape index (κ3) is 5.67. The summed E-state index contributed by atoms with van der Waals surface area (Å²) in [7, 11) is 3.94. The first-order chi connectivity index (χ1) is 11.5. The first-order valence-electron chi connectivity index (χ1n) is 7.50. The van der Waals surface area contributed by atoms with Gasteiger partial charge in [-0.1, -0.05) is 29.3 Å². The van der Waals surface area contributed by atoms with Crippen LogP contribution in [0.3, 0.4) is 0 Å². The first kappa shape index (κ1) is 18.5. The van der Waals surface area contributed by atoms with Crippen molar-refractivity contribution in [2.24, 2.45) is 0 Å². The molecule has 7 heteroatoms. The zero-order chi connectivity index (χ0) is 17.5. The van der Waals surface area contributed by atoms with Crippen molar-refractivity contribution < 1.29 is 4.79 Å². The van der Waals surface area contributed by atoms with E-state index < -0.39 is 0 Å². The Kier molecular flexibility index (Phi) is 6.85. The van der Waals surface area contributed by atoms with Gasteiger partial charge in [-0.25, -0.2) is 4.79 Å². The second kappa shape index (κ2) is 8.87. The Morgan fingerprint density at radius 3 is 2.58 bits per heavy atom. The van der Waals surface area contributed by atoms with Crippen LogP contribution in [0.2, 0.25) is 10.0 Å². The van der Waals surface area contributed by atoms with Crippen LogP contribution in [-0.4, -0.2) is 48.0 Å². The minimum absolute atomic E-state index is 0.195. The predicted molar refractivity (Wildman–Crippen MR) is 98.7 cm³/mol. The molecule has 0 spiro atoms. The monoisotopic (exact) mass is 366 g/mol. The number of urea groups is 1. The lowest BCUT2D eigenvalue weighted by Gasteiger charge is -2.25. The summed E-state index contributed by atoms with van der Waals surface area (Å²) in [5.41, 5.74) is 1.58. The van der Waals surface area contributed by atoms with Crippen LogP contribution in [0.5, 0.6) is 0 Å². The minimum atomic E-state index is -0.195. The van der Waals surface area contributed by atoms with Crippen molar-refractivity contribution in [3.8, 4) is 0 Å². The van der Waals surface area contributed by atoms with Crippen LogP contribution in [0.25, 0.3) is 0 Å². The standard InChI is InChI=1S/C17H20Cl2N4O/c1-22(2)8-9-23(12-13-4-3-7-20-11-13)17(24)21-14-5-6-15(18)16(19)10-14/h3-7,10-11H,8-9,12H2,1-2H3,(H,21,24). The number of pyridine rings is 1. The number of carbonyl (C=O) groups excluding carboxylic acids is 1. The minimum Gasteiger partial charge on any atom is -0.319 e. The molecule has 0 aliphatic heterocycles. The molecule has 2 rings (SSSR count). The summed E-state index contributed by atoms with van der Waals surface area (Å²) in [6, 6.07) is 8.62. The summed E-state index contributed by atoms with van der Waals surface area (Å²) in [5, 5.41) is 3.72. The first-order valence-corrected chi connectivity index (χ1v) is 8.26. The van der Waals surface area contributed by atoms with Gasteiger partial charge in [-0.2, -0.15) is 0 Å². The van der Waals surface area contributed by atoms with Gasteiger partial charge in [0.25, 0.3) is 0 Å². The third-order valence-corrected chi connectivity index (χ3v) is 4.11. The highest BCUT2D eigenvalue weighted by Crippen LogP contribution is 2.25. The summed E-state index contributed by atoms with van der Waals surface area (Å²) in [6.45, 7) is 1.83. The van der Waals surface area contributed by atoms with Crippen LogP contribution >= 0.6 is 23.2 Å². The molecule has 2 aromatic rings. The zero-order valence-electron chi connectivity index (χ0n) is 13.7. The van der Waals surface area contributed by atoms with Crippen LogP contribution in [0.1, 0.15) is 5.56 Å². The van der Waals surface area contributed by atoms with Crippen molar-refractivity contribution in [2.45, 2.75) is 6.54 Å². The summed E-state index contributed by atoms with van der Waals surface area (Å²) in [4.78, 5) is 20.5. The molecule has 0 radical (unpaired) electrons. The summed E-state index contributed by atoms with van der Waals surface area (Å²) in [5.74, 6) is 0. The quantitative estimate of drug-likeness (QED) is 0.840. The molecular weight excluding hydrogens is 347 g/mol. The zero-order valence-corrected chi connectivity index (χ0v) is 15.2. The van der Waals surface area contributed by atoms with E-state index in [4.69, 9.17) is 23.2 Å². The number of hydrogen-bond donors (Lipinski definition) is 1. The maximum Gasteiger partial charge on any atom is 0.322 e. The summed E-state index contributed by atoms with van der Waals surface area (Å²) < 4.78 is 0. The molecule has 0 fully saturated rings. The van der Waals surface area contributed by atoms with Crippen molar-refractivity contribution in [1.29, 1.82) is 0 Å². The molecule has 128 valence electrons. The average Bonchev–Trinajstić information content (AvgIpc) is 2.55. The van der Waals surface area contributed by atoms with Crippen LogP contribution in [0.4, 0.5) is 10.5 Å². The van der Waals surface area contributed by atoms with Gasteiger partial charge in [0, 0.05) is 37.7 Å². The molecule has 2 amide bonds. The Labute approximate surface area is 152 Å². The Hall–Kier alpha value is -1.82. The molecule has 1 heterocycles. The summed E-state index contributed by atoms with van der Waals surface area (Å²) in [6.07, 6.45) is 3.47. The molecule has 5 nitrogen and oxygen atoms in total. The van der Waals surface area contributed by atoms with E-state index in [0.29, 0.717) is 28.8 Å². The summed E-state index contributed by atoms with van der Waals surface area (Å²) >= 11 is 11.9. The number of nitrogens with one attached hydrogen (secondary N) is 1. The normalized spacial score (nSPS) is 10.7. The molecule has 24 heavy (non-hydrogen) atoms. The molecule has 0 saturated heterocycles. The molecule has 0 aliphatic carbocycles. The van der Waals surface area contributed by atoms with Crippen molar-refractivity contribution >= 4 is 34.9 Å². The predicted octanol–water partition coefficient (Wildman–Crippen LogP) is 3.98. The Morgan fingerprint density at radius 1 is 1.17 bits per heavy atom. The van der Waals surface area contributed by atoms with Gasteiger partial charge in [-0.15, -0.1) is 0 Å². The molecule has 0 aliphatic rings. The maximum atomic E-state index is 12.6. The van der Waals surface area contributed by atoms with E-state index in [1.807, 2.05) is 31.1 Å². The fourth-order valence-corrected chi connectivity index (χ4v) is 2.36. The number of anilines is 1. The Morgan fingerprint density at radius 2 is 1.96 bits per heavy atom. The van der Waals surface area contributed by atoms with Crippen molar-refractivity contribution in [3.05, 3.63) is 58.3 Å². The number of benzene rings is 1. The van der Waals surface area contributed by atoms with Gasteiger partial charge < -0.3 is 15.1 Å². The second-order valence-corrected chi connectivity index (χ2v) is 6.46. The van der Waals surface area contributed by atoms with E-state index in [1.54, 1.807) is 35.5 Å². The van der Waals surface area contributed by atoms with Gasteiger partial charge in [0.2, 0.25) is 0 Å². The number of hydrogen-bond acceptors (Lipinski definition) is 3. The fraction of sp³-hybridized carbons (Fsp3) is 0.294. The van der Waals surface area contributed by atoms with Crippen molar-refractivity contribution in [3.63, 3.8) is 0 Å². The smallest absolute Gasteiger partial charge is 0.319 e. The lowest BCUT2D eigenvalue weighted by Crippen LogP contribution is -2.39. The number of aromatic nitrogens is 1. The molecular formula is C17H20Cl2N4O. The Balaban J connectivity index is 2.09. The number of likely N-dealkylation sites (N-methyl/N-ethyl adjacent to an activating group) is 1. The van der Waals surface area contributed by atoms with Crippen LogP contribution in [0, 0.1) is 0 Å². The van der Waals surface area contributed by atoms with E-state index in [9.17, 15) is 4.79 Å². The largest absolute Gasteiger partial charge is 0.322 e. The third-order valence-electron chi connectivity index (χ3n) is 3.37. The van der Waals surface area contributed by atoms with Crippen molar-refractivity contribution in [1.82, 2.24) is 14.8 Å². The van der Waals surface area contributed by atoms with Crippen LogP contribution in [0.15, 0.2) is 42.7 Å². The number of carbonyl (C=O) groups is 1. The highest BCUT2D eigenvalue weighted by atomic mass is 35.5. The van der Waals surface area contributed by atoms with Gasteiger partial charge >= 0.3 is 6.03 Å². The molecule has 0 unspecified atom stereocenters. The number of amides is 2. The SMILES string of the molecule is CN(C)CCN(Cc1cccnc1)C(=O)Nc1ccc(Cl)c(Cl)c1. The van der Waals surface area contributed by atoms with Crippen LogP contribution in [-0.2, 0) is 6.54 Å². The number of nitrogens with zero attached hydrogens (tertiary/aromatic N) is 3. The molecule has 1 aromatic carbocycles. The highest BCUT2D eigenvalue weighted by Gasteiger charge is 2.15. The lowest BCUT2D eigenvalue weighted by atomic mass is 10.2. The molecule has 0 atom stereocenters. The van der Waals surface area contributed by atoms with Gasteiger partial charge in [-0.05, 0) is 43.9 Å². The Bertz CT molecular complexity index is 680. The highest BCUT2D eigenvalue weighted by molar-refractivity contribution is 6.42. The molecule has 0 bridgehead atoms. The lowest BCUT2D eigenvalue weighted by molar-refractivity contribution is 0.202. The molecule has 1 N–H and O–H groups in total. The maximum absolute atomic E-state index is 12.6. The van der Waals surface area contributed by atoms with E-state index in [0.717, 1.165) is 12.1 Å². The van der Waals surface area contributed by atoms with Gasteiger partial charge in [0.1, 0.15) is 0 Å². The van der Waals surface area contributed by atoms with E-state index in [-0.39, 0.29) is 6.03 Å². The van der Waals surface area contributed by atoms with Gasteiger partial charge in [0.15, 0.2) is 0 Å². The number of rotatable bonds is 6.